The lowest BCUT2D eigenvalue weighted by Crippen LogP contribution is -2.31. The molecule has 1 fully saturated rings. The summed E-state index contributed by atoms with van der Waals surface area (Å²) in [6, 6.07) is 4.67. The average molecular weight is 277 g/mol. The Bertz CT molecular complexity index is 530. The van der Waals surface area contributed by atoms with Crippen LogP contribution in [0, 0.1) is 0 Å². The van der Waals surface area contributed by atoms with Gasteiger partial charge >= 0.3 is 5.97 Å². The molecule has 1 aromatic rings. The van der Waals surface area contributed by atoms with Crippen LogP contribution >= 0.6 is 0 Å². The standard InChI is InChI=1S/C14H19N3O3/c1-3-20-14(19)9-5-4-6-10(15)12(9)16-11-7-8-17(2)13(11)18/h4-6,11,16H,3,7-8,15H2,1-2H3. The van der Waals surface area contributed by atoms with Crippen molar-refractivity contribution in [1.29, 1.82) is 0 Å². The lowest BCUT2D eigenvalue weighted by Gasteiger charge is -2.17. The van der Waals surface area contributed by atoms with E-state index in [2.05, 4.69) is 5.32 Å². The normalized spacial score (nSPS) is 18.2. The monoisotopic (exact) mass is 277 g/mol. The second-order valence-electron chi connectivity index (χ2n) is 4.74. The van der Waals surface area contributed by atoms with Gasteiger partial charge in [-0.15, -0.1) is 0 Å². The minimum atomic E-state index is -0.443. The molecular weight excluding hydrogens is 258 g/mol. The third kappa shape index (κ3) is 2.68. The van der Waals surface area contributed by atoms with E-state index in [1.54, 1.807) is 37.1 Å². The first-order chi connectivity index (χ1) is 9.54. The molecular formula is C14H19N3O3. The molecule has 0 aliphatic carbocycles. The number of nitrogen functional groups attached to an aromatic ring is 1. The fourth-order valence-electron chi connectivity index (χ4n) is 2.24. The van der Waals surface area contributed by atoms with Crippen molar-refractivity contribution in [2.75, 3.05) is 31.2 Å². The van der Waals surface area contributed by atoms with E-state index < -0.39 is 5.97 Å². The highest BCUT2D eigenvalue weighted by molar-refractivity contribution is 6.00. The van der Waals surface area contributed by atoms with Crippen LogP contribution in [0.4, 0.5) is 11.4 Å². The van der Waals surface area contributed by atoms with Gasteiger partial charge in [0.15, 0.2) is 0 Å². The predicted octanol–water partition coefficient (Wildman–Crippen LogP) is 1.09. The Morgan fingerprint density at radius 3 is 2.90 bits per heavy atom. The topological polar surface area (TPSA) is 84.7 Å². The number of hydrogen-bond acceptors (Lipinski definition) is 5. The Morgan fingerprint density at radius 1 is 1.55 bits per heavy atom. The van der Waals surface area contributed by atoms with Crippen LogP contribution in [0.5, 0.6) is 0 Å². The number of ether oxygens (including phenoxy) is 1. The molecule has 1 atom stereocenters. The van der Waals surface area contributed by atoms with E-state index in [9.17, 15) is 9.59 Å². The van der Waals surface area contributed by atoms with Crippen molar-refractivity contribution in [3.8, 4) is 0 Å². The number of likely N-dealkylation sites (tertiary alicyclic amines) is 1. The van der Waals surface area contributed by atoms with E-state index >= 15 is 0 Å². The Balaban J connectivity index is 2.26. The molecule has 1 aliphatic heterocycles. The highest BCUT2D eigenvalue weighted by Crippen LogP contribution is 2.27. The first-order valence-corrected chi connectivity index (χ1v) is 6.61. The number of likely N-dealkylation sites (N-methyl/N-ethyl adjacent to an activating group) is 1. The molecule has 0 saturated carbocycles. The summed E-state index contributed by atoms with van der Waals surface area (Å²) in [6.45, 7) is 2.73. The Kier molecular flexibility index (Phi) is 4.12. The summed E-state index contributed by atoms with van der Waals surface area (Å²) in [4.78, 5) is 25.5. The summed E-state index contributed by atoms with van der Waals surface area (Å²) < 4.78 is 5.01. The minimum Gasteiger partial charge on any atom is -0.462 e. The van der Waals surface area contributed by atoms with Crippen molar-refractivity contribution < 1.29 is 14.3 Å². The number of carbonyl (C=O) groups excluding carboxylic acids is 2. The van der Waals surface area contributed by atoms with Gasteiger partial charge in [0.2, 0.25) is 5.91 Å². The lowest BCUT2D eigenvalue weighted by molar-refractivity contribution is -0.127. The molecule has 6 nitrogen and oxygen atoms in total. The second kappa shape index (κ2) is 5.81. The third-order valence-electron chi connectivity index (χ3n) is 3.34. The first kappa shape index (κ1) is 14.2. The van der Waals surface area contributed by atoms with E-state index in [0.29, 0.717) is 29.9 Å². The molecule has 0 radical (unpaired) electrons. The molecule has 1 unspecified atom stereocenters. The van der Waals surface area contributed by atoms with Gasteiger partial charge in [-0.25, -0.2) is 4.79 Å². The highest BCUT2D eigenvalue weighted by atomic mass is 16.5. The number of hydrogen-bond donors (Lipinski definition) is 2. The molecule has 1 aromatic carbocycles. The van der Waals surface area contributed by atoms with Gasteiger partial charge < -0.3 is 20.7 Å². The quantitative estimate of drug-likeness (QED) is 0.635. The molecule has 6 heteroatoms. The van der Waals surface area contributed by atoms with Gasteiger partial charge in [-0.1, -0.05) is 6.07 Å². The number of benzene rings is 1. The van der Waals surface area contributed by atoms with Crippen molar-refractivity contribution in [3.05, 3.63) is 23.8 Å². The number of carbonyl (C=O) groups is 2. The number of nitrogens with one attached hydrogen (secondary N) is 1. The van der Waals surface area contributed by atoms with E-state index in [1.165, 1.54) is 0 Å². The zero-order chi connectivity index (χ0) is 14.7. The van der Waals surface area contributed by atoms with Gasteiger partial charge in [0.05, 0.1) is 23.5 Å². The lowest BCUT2D eigenvalue weighted by atomic mass is 10.1. The molecule has 1 heterocycles. The highest BCUT2D eigenvalue weighted by Gasteiger charge is 2.30. The number of nitrogens with zero attached hydrogens (tertiary/aromatic N) is 1. The first-order valence-electron chi connectivity index (χ1n) is 6.61. The molecule has 1 amide bonds. The predicted molar refractivity (Wildman–Crippen MR) is 76.5 cm³/mol. The number of esters is 1. The molecule has 1 saturated heterocycles. The summed E-state index contributed by atoms with van der Waals surface area (Å²) in [5, 5.41) is 3.08. The SMILES string of the molecule is CCOC(=O)c1cccc(N)c1NC1CCN(C)C1=O. The zero-order valence-corrected chi connectivity index (χ0v) is 11.7. The molecule has 1 aliphatic rings. The van der Waals surface area contributed by atoms with Crippen molar-refractivity contribution >= 4 is 23.3 Å². The molecule has 2 rings (SSSR count). The molecule has 0 aromatic heterocycles. The van der Waals surface area contributed by atoms with Gasteiger partial charge in [0.1, 0.15) is 6.04 Å². The third-order valence-corrected chi connectivity index (χ3v) is 3.34. The second-order valence-corrected chi connectivity index (χ2v) is 4.74. The van der Waals surface area contributed by atoms with Crippen LogP contribution < -0.4 is 11.1 Å². The van der Waals surface area contributed by atoms with Gasteiger partial charge in [-0.05, 0) is 25.5 Å². The molecule has 20 heavy (non-hydrogen) atoms. The van der Waals surface area contributed by atoms with Crippen LogP contribution in [-0.4, -0.2) is 43.0 Å². The van der Waals surface area contributed by atoms with E-state index in [-0.39, 0.29) is 18.6 Å². The van der Waals surface area contributed by atoms with Crippen LogP contribution in [0.3, 0.4) is 0 Å². The molecule has 108 valence electrons. The van der Waals surface area contributed by atoms with Crippen LogP contribution in [0.25, 0.3) is 0 Å². The number of para-hydroxylation sites is 1. The maximum Gasteiger partial charge on any atom is 0.340 e. The van der Waals surface area contributed by atoms with Gasteiger partial charge in [0, 0.05) is 13.6 Å². The van der Waals surface area contributed by atoms with Gasteiger partial charge in [-0.3, -0.25) is 4.79 Å². The summed E-state index contributed by atoms with van der Waals surface area (Å²) in [5.41, 5.74) is 7.17. The molecule has 3 N–H and O–H groups in total. The van der Waals surface area contributed by atoms with Crippen molar-refractivity contribution in [3.63, 3.8) is 0 Å². The van der Waals surface area contributed by atoms with E-state index in [4.69, 9.17) is 10.5 Å². The van der Waals surface area contributed by atoms with Gasteiger partial charge in [-0.2, -0.15) is 0 Å². The van der Waals surface area contributed by atoms with Crippen molar-refractivity contribution in [2.45, 2.75) is 19.4 Å². The van der Waals surface area contributed by atoms with Crippen molar-refractivity contribution in [1.82, 2.24) is 4.90 Å². The van der Waals surface area contributed by atoms with Crippen LogP contribution in [0.2, 0.25) is 0 Å². The maximum atomic E-state index is 11.9. The number of rotatable bonds is 4. The minimum absolute atomic E-state index is 0.00284. The van der Waals surface area contributed by atoms with E-state index in [0.717, 1.165) is 0 Å². The van der Waals surface area contributed by atoms with Crippen molar-refractivity contribution in [2.24, 2.45) is 0 Å². The fraction of sp³-hybridized carbons (Fsp3) is 0.429. The Hall–Kier alpha value is -2.24. The number of anilines is 2. The smallest absolute Gasteiger partial charge is 0.340 e. The van der Waals surface area contributed by atoms with E-state index in [1.807, 2.05) is 0 Å². The maximum absolute atomic E-state index is 11.9. The fourth-order valence-corrected chi connectivity index (χ4v) is 2.24. The average Bonchev–Trinajstić information content (AvgIpc) is 2.73. The Labute approximate surface area is 117 Å². The summed E-state index contributed by atoms with van der Waals surface area (Å²) in [7, 11) is 1.75. The van der Waals surface area contributed by atoms with Crippen LogP contribution in [0.15, 0.2) is 18.2 Å². The van der Waals surface area contributed by atoms with Gasteiger partial charge in [0.25, 0.3) is 0 Å². The Morgan fingerprint density at radius 2 is 2.30 bits per heavy atom. The zero-order valence-electron chi connectivity index (χ0n) is 11.7. The molecule has 0 bridgehead atoms. The number of nitrogens with two attached hydrogens (primary N) is 1. The molecule has 0 spiro atoms. The summed E-state index contributed by atoms with van der Waals surface area (Å²) in [6.07, 6.45) is 0.686. The number of amides is 1. The summed E-state index contributed by atoms with van der Waals surface area (Å²) >= 11 is 0. The van der Waals surface area contributed by atoms with Crippen LogP contribution in [0.1, 0.15) is 23.7 Å². The summed E-state index contributed by atoms with van der Waals surface area (Å²) in [5.74, 6) is -0.441. The largest absolute Gasteiger partial charge is 0.462 e. The van der Waals surface area contributed by atoms with Crippen LogP contribution in [-0.2, 0) is 9.53 Å².